The predicted molar refractivity (Wildman–Crippen MR) is 65.9 cm³/mol. The Morgan fingerprint density at radius 3 is 2.82 bits per heavy atom. The van der Waals surface area contributed by atoms with E-state index in [4.69, 9.17) is 4.74 Å². The topological polar surface area (TPSA) is 50.3 Å². The van der Waals surface area contributed by atoms with Crippen molar-refractivity contribution in [3.05, 3.63) is 12.0 Å². The van der Waals surface area contributed by atoms with Crippen LogP contribution in [0.2, 0.25) is 0 Å². The number of anilines is 2. The summed E-state index contributed by atoms with van der Waals surface area (Å²) in [6.45, 7) is 5.09. The molecule has 1 rings (SSSR count). The average Bonchev–Trinajstić information content (AvgIpc) is 2.33. The second-order valence-corrected chi connectivity index (χ2v) is 3.71. The van der Waals surface area contributed by atoms with Crippen LogP contribution in [-0.2, 0) is 4.74 Å². The lowest BCUT2D eigenvalue weighted by Crippen LogP contribution is -2.37. The number of nitrogens with zero attached hydrogens (tertiary/aromatic N) is 3. The van der Waals surface area contributed by atoms with E-state index >= 15 is 0 Å². The largest absolute Gasteiger partial charge is 0.383 e. The number of nitrogens with one attached hydrogen (secondary N) is 1. The highest BCUT2D eigenvalue weighted by molar-refractivity contribution is 5.44. The molecular weight excluding hydrogens is 223 g/mol. The zero-order valence-corrected chi connectivity index (χ0v) is 10.7. The quantitative estimate of drug-likeness (QED) is 0.819. The van der Waals surface area contributed by atoms with Gasteiger partial charge in [0.25, 0.3) is 0 Å². The Balaban J connectivity index is 3.01. The number of ether oxygens (including phenoxy) is 1. The summed E-state index contributed by atoms with van der Waals surface area (Å²) in [7, 11) is 3.32. The van der Waals surface area contributed by atoms with E-state index in [9.17, 15) is 4.39 Å². The minimum absolute atomic E-state index is 0.0547. The summed E-state index contributed by atoms with van der Waals surface area (Å²) in [6, 6.07) is 0.0547. The van der Waals surface area contributed by atoms with Gasteiger partial charge in [0.1, 0.15) is 0 Å². The molecule has 0 spiro atoms. The third-order valence-corrected chi connectivity index (χ3v) is 2.50. The van der Waals surface area contributed by atoms with Crippen LogP contribution >= 0.6 is 0 Å². The molecule has 5 nitrogen and oxygen atoms in total. The molecule has 1 unspecified atom stereocenters. The van der Waals surface area contributed by atoms with Crippen molar-refractivity contribution >= 4 is 11.8 Å². The van der Waals surface area contributed by atoms with Gasteiger partial charge in [-0.25, -0.2) is 9.37 Å². The van der Waals surface area contributed by atoms with Crippen LogP contribution in [0.1, 0.15) is 13.8 Å². The van der Waals surface area contributed by atoms with Crippen LogP contribution in [0.5, 0.6) is 0 Å². The van der Waals surface area contributed by atoms with E-state index in [1.54, 1.807) is 14.2 Å². The van der Waals surface area contributed by atoms with Gasteiger partial charge in [0.15, 0.2) is 11.6 Å². The Hall–Kier alpha value is -1.43. The van der Waals surface area contributed by atoms with Crippen LogP contribution in [0.3, 0.4) is 0 Å². The Labute approximate surface area is 101 Å². The van der Waals surface area contributed by atoms with Crippen LogP contribution < -0.4 is 10.2 Å². The molecule has 0 fully saturated rings. The fraction of sp³-hybridized carbons (Fsp3) is 0.636. The van der Waals surface area contributed by atoms with Gasteiger partial charge < -0.3 is 15.0 Å². The van der Waals surface area contributed by atoms with Crippen molar-refractivity contribution in [2.24, 2.45) is 0 Å². The van der Waals surface area contributed by atoms with Gasteiger partial charge >= 0.3 is 0 Å². The van der Waals surface area contributed by atoms with Crippen molar-refractivity contribution in [1.82, 2.24) is 9.97 Å². The fourth-order valence-electron chi connectivity index (χ4n) is 1.68. The second-order valence-electron chi connectivity index (χ2n) is 3.71. The van der Waals surface area contributed by atoms with E-state index in [1.807, 2.05) is 18.7 Å². The first kappa shape index (κ1) is 13.6. The summed E-state index contributed by atoms with van der Waals surface area (Å²) < 4.78 is 18.8. The minimum Gasteiger partial charge on any atom is -0.383 e. The Kier molecular flexibility index (Phi) is 5.09. The molecule has 0 saturated heterocycles. The molecule has 0 aliphatic rings. The third-order valence-electron chi connectivity index (χ3n) is 2.50. The molecule has 17 heavy (non-hydrogen) atoms. The summed E-state index contributed by atoms with van der Waals surface area (Å²) in [5.41, 5.74) is 0. The third kappa shape index (κ3) is 3.26. The van der Waals surface area contributed by atoms with Crippen molar-refractivity contribution in [3.63, 3.8) is 0 Å². The lowest BCUT2D eigenvalue weighted by molar-refractivity contribution is 0.181. The van der Waals surface area contributed by atoms with Crippen LogP contribution in [0.15, 0.2) is 6.20 Å². The summed E-state index contributed by atoms with van der Waals surface area (Å²) in [5.74, 6) is 0.287. The Morgan fingerprint density at radius 2 is 2.29 bits per heavy atom. The first-order valence-corrected chi connectivity index (χ1v) is 5.59. The van der Waals surface area contributed by atoms with Crippen molar-refractivity contribution in [2.75, 3.05) is 37.5 Å². The molecule has 1 N–H and O–H groups in total. The van der Waals surface area contributed by atoms with Gasteiger partial charge in [-0.05, 0) is 13.8 Å². The monoisotopic (exact) mass is 242 g/mol. The van der Waals surface area contributed by atoms with Crippen molar-refractivity contribution in [1.29, 1.82) is 0 Å². The number of aromatic nitrogens is 2. The first-order chi connectivity index (χ1) is 8.13. The molecule has 0 aromatic carbocycles. The van der Waals surface area contributed by atoms with Crippen LogP contribution in [0, 0.1) is 5.82 Å². The molecule has 96 valence electrons. The fourth-order valence-corrected chi connectivity index (χ4v) is 1.68. The van der Waals surface area contributed by atoms with Crippen LogP contribution in [0.4, 0.5) is 16.2 Å². The molecule has 0 amide bonds. The maximum atomic E-state index is 13.7. The summed E-state index contributed by atoms with van der Waals surface area (Å²) >= 11 is 0. The SMILES string of the molecule is CCN(c1nc(NC)ncc1F)C(C)COC. The Morgan fingerprint density at radius 1 is 1.59 bits per heavy atom. The van der Waals surface area contributed by atoms with E-state index in [-0.39, 0.29) is 6.04 Å². The number of methoxy groups -OCH3 is 1. The zero-order chi connectivity index (χ0) is 12.8. The summed E-state index contributed by atoms with van der Waals surface area (Å²) in [6.07, 6.45) is 1.18. The lowest BCUT2D eigenvalue weighted by Gasteiger charge is -2.28. The molecule has 1 atom stereocenters. The van der Waals surface area contributed by atoms with Gasteiger partial charge in [0.05, 0.1) is 18.8 Å². The van der Waals surface area contributed by atoms with Crippen LogP contribution in [0.25, 0.3) is 0 Å². The molecule has 0 bridgehead atoms. The molecule has 1 aromatic rings. The maximum Gasteiger partial charge on any atom is 0.224 e. The van der Waals surface area contributed by atoms with Crippen molar-refractivity contribution < 1.29 is 9.13 Å². The van der Waals surface area contributed by atoms with E-state index < -0.39 is 5.82 Å². The van der Waals surface area contributed by atoms with E-state index in [0.29, 0.717) is 24.9 Å². The Bertz CT molecular complexity index is 361. The van der Waals surface area contributed by atoms with Gasteiger partial charge in [-0.3, -0.25) is 0 Å². The number of rotatable bonds is 6. The molecule has 1 aromatic heterocycles. The van der Waals surface area contributed by atoms with Gasteiger partial charge in [-0.2, -0.15) is 4.98 Å². The second kappa shape index (κ2) is 6.34. The number of hydrogen-bond donors (Lipinski definition) is 1. The predicted octanol–water partition coefficient (Wildman–Crippen LogP) is 1.52. The van der Waals surface area contributed by atoms with Crippen molar-refractivity contribution in [2.45, 2.75) is 19.9 Å². The zero-order valence-electron chi connectivity index (χ0n) is 10.7. The molecule has 0 saturated carbocycles. The van der Waals surface area contributed by atoms with E-state index in [0.717, 1.165) is 0 Å². The van der Waals surface area contributed by atoms with E-state index in [1.165, 1.54) is 6.20 Å². The lowest BCUT2D eigenvalue weighted by atomic mass is 10.3. The van der Waals surface area contributed by atoms with Gasteiger partial charge in [0.2, 0.25) is 5.95 Å². The van der Waals surface area contributed by atoms with E-state index in [2.05, 4.69) is 15.3 Å². The first-order valence-electron chi connectivity index (χ1n) is 5.59. The van der Waals surface area contributed by atoms with Gasteiger partial charge in [-0.1, -0.05) is 0 Å². The van der Waals surface area contributed by atoms with Crippen LogP contribution in [-0.4, -0.2) is 43.3 Å². The maximum absolute atomic E-state index is 13.7. The van der Waals surface area contributed by atoms with Gasteiger partial charge in [0, 0.05) is 20.7 Å². The molecular formula is C11H19FN4O. The molecule has 1 heterocycles. The highest BCUT2D eigenvalue weighted by Crippen LogP contribution is 2.19. The number of halogens is 1. The minimum atomic E-state index is -0.422. The van der Waals surface area contributed by atoms with Gasteiger partial charge in [-0.15, -0.1) is 0 Å². The highest BCUT2D eigenvalue weighted by atomic mass is 19.1. The molecule has 0 aliphatic heterocycles. The molecule has 0 radical (unpaired) electrons. The average molecular weight is 242 g/mol. The summed E-state index contributed by atoms with van der Waals surface area (Å²) in [5, 5.41) is 2.80. The molecule has 0 aliphatic carbocycles. The van der Waals surface area contributed by atoms with Crippen molar-refractivity contribution in [3.8, 4) is 0 Å². The summed E-state index contributed by atoms with van der Waals surface area (Å²) in [4.78, 5) is 9.81. The smallest absolute Gasteiger partial charge is 0.224 e. The molecule has 6 heteroatoms. The normalized spacial score (nSPS) is 12.3. The number of hydrogen-bond acceptors (Lipinski definition) is 5. The number of likely N-dealkylation sites (N-methyl/N-ethyl adjacent to an activating group) is 1. The highest BCUT2D eigenvalue weighted by Gasteiger charge is 2.18. The standard InChI is InChI=1S/C11H19FN4O/c1-5-16(8(2)7-17-4)10-9(12)6-14-11(13-3)15-10/h6,8H,5,7H2,1-4H3,(H,13,14,15).